The van der Waals surface area contributed by atoms with Crippen molar-refractivity contribution in [3.05, 3.63) is 39.2 Å². The predicted molar refractivity (Wildman–Crippen MR) is 82.9 cm³/mol. The SMILES string of the molecule is C#CCN1C(=O)/C(=C/c2cccc(Br)c2)SC1=S. The average Bonchev–Trinajstić information content (AvgIpc) is 2.57. The summed E-state index contributed by atoms with van der Waals surface area (Å²) in [5.74, 6) is 2.31. The summed E-state index contributed by atoms with van der Waals surface area (Å²) in [7, 11) is 0. The molecule has 1 heterocycles. The standard InChI is InChI=1S/C13H8BrNOS2/c1-2-6-15-12(16)11(18-13(15)17)8-9-4-3-5-10(14)7-9/h1,3-5,7-8H,6H2/b11-8-. The third kappa shape index (κ3) is 2.83. The van der Waals surface area contributed by atoms with Crippen LogP contribution in [0.5, 0.6) is 0 Å². The van der Waals surface area contributed by atoms with E-state index < -0.39 is 0 Å². The average molecular weight is 338 g/mol. The van der Waals surface area contributed by atoms with Crippen LogP contribution in [0.4, 0.5) is 0 Å². The Kier molecular flexibility index (Phi) is 4.23. The normalized spacial score (nSPS) is 17.3. The van der Waals surface area contributed by atoms with E-state index in [9.17, 15) is 4.79 Å². The molecule has 1 aliphatic rings. The van der Waals surface area contributed by atoms with Crippen molar-refractivity contribution in [3.8, 4) is 12.3 Å². The summed E-state index contributed by atoms with van der Waals surface area (Å²) in [5.41, 5.74) is 0.950. The lowest BCUT2D eigenvalue weighted by molar-refractivity contribution is -0.121. The van der Waals surface area contributed by atoms with E-state index in [0.717, 1.165) is 10.0 Å². The monoisotopic (exact) mass is 337 g/mol. The van der Waals surface area contributed by atoms with E-state index in [1.807, 2.05) is 30.3 Å². The first-order valence-corrected chi connectivity index (χ1v) is 7.08. The lowest BCUT2D eigenvalue weighted by atomic mass is 10.2. The minimum atomic E-state index is -0.122. The Labute approximate surface area is 124 Å². The summed E-state index contributed by atoms with van der Waals surface area (Å²) in [5, 5.41) is 0. The van der Waals surface area contributed by atoms with Crippen molar-refractivity contribution in [3.63, 3.8) is 0 Å². The molecule has 0 spiro atoms. The number of benzene rings is 1. The Bertz CT molecular complexity index is 589. The lowest BCUT2D eigenvalue weighted by Gasteiger charge is -2.08. The van der Waals surface area contributed by atoms with Gasteiger partial charge < -0.3 is 0 Å². The molecule has 2 nitrogen and oxygen atoms in total. The zero-order valence-electron chi connectivity index (χ0n) is 9.22. The number of rotatable bonds is 2. The highest BCUT2D eigenvalue weighted by Gasteiger charge is 2.31. The van der Waals surface area contributed by atoms with Crippen molar-refractivity contribution in [2.75, 3.05) is 6.54 Å². The number of hydrogen-bond acceptors (Lipinski definition) is 3. The van der Waals surface area contributed by atoms with E-state index in [1.54, 1.807) is 0 Å². The van der Waals surface area contributed by atoms with Crippen molar-refractivity contribution in [2.45, 2.75) is 0 Å². The molecule has 90 valence electrons. The Morgan fingerprint density at radius 1 is 1.56 bits per heavy atom. The van der Waals surface area contributed by atoms with Gasteiger partial charge in [0.1, 0.15) is 4.32 Å². The molecule has 1 aliphatic heterocycles. The van der Waals surface area contributed by atoms with Gasteiger partial charge in [0.2, 0.25) is 0 Å². The summed E-state index contributed by atoms with van der Waals surface area (Å²) in [4.78, 5) is 14.1. The fourth-order valence-corrected chi connectivity index (χ4v) is 3.15. The molecular formula is C13H8BrNOS2. The number of halogens is 1. The summed E-state index contributed by atoms with van der Waals surface area (Å²) >= 11 is 9.80. The number of thiocarbonyl (C=S) groups is 1. The number of hydrogen-bond donors (Lipinski definition) is 0. The molecule has 1 aromatic rings. The Morgan fingerprint density at radius 2 is 2.33 bits per heavy atom. The highest BCUT2D eigenvalue weighted by molar-refractivity contribution is 9.10. The number of terminal acetylenes is 1. The maximum absolute atomic E-state index is 12.0. The highest BCUT2D eigenvalue weighted by Crippen LogP contribution is 2.32. The first-order valence-electron chi connectivity index (χ1n) is 5.06. The first-order chi connectivity index (χ1) is 8.61. The van der Waals surface area contributed by atoms with E-state index in [-0.39, 0.29) is 12.5 Å². The summed E-state index contributed by atoms with van der Waals surface area (Å²) in [6.07, 6.45) is 7.03. The third-order valence-electron chi connectivity index (χ3n) is 2.27. The largest absolute Gasteiger partial charge is 0.281 e. The molecule has 0 aliphatic carbocycles. The topological polar surface area (TPSA) is 20.3 Å². The third-order valence-corrected chi connectivity index (χ3v) is 4.14. The smallest absolute Gasteiger partial charge is 0.267 e. The fraction of sp³-hybridized carbons (Fsp3) is 0.0769. The molecule has 18 heavy (non-hydrogen) atoms. The Hall–Kier alpha value is -1.09. The summed E-state index contributed by atoms with van der Waals surface area (Å²) in [6, 6.07) is 7.71. The Balaban J connectivity index is 2.28. The molecule has 5 heteroatoms. The van der Waals surface area contributed by atoms with E-state index in [4.69, 9.17) is 18.6 Å². The van der Waals surface area contributed by atoms with Crippen LogP contribution < -0.4 is 0 Å². The van der Waals surface area contributed by atoms with Crippen LogP contribution in [-0.4, -0.2) is 21.7 Å². The van der Waals surface area contributed by atoms with Crippen LogP contribution >= 0.6 is 39.9 Å². The second-order valence-electron chi connectivity index (χ2n) is 3.53. The van der Waals surface area contributed by atoms with Gasteiger partial charge in [0.15, 0.2) is 0 Å². The van der Waals surface area contributed by atoms with Crippen LogP contribution in [0.3, 0.4) is 0 Å². The van der Waals surface area contributed by atoms with E-state index in [0.29, 0.717) is 9.23 Å². The van der Waals surface area contributed by atoms with E-state index >= 15 is 0 Å². The van der Waals surface area contributed by atoms with Gasteiger partial charge >= 0.3 is 0 Å². The second-order valence-corrected chi connectivity index (χ2v) is 6.12. The molecule has 0 bridgehead atoms. The summed E-state index contributed by atoms with van der Waals surface area (Å²) < 4.78 is 1.48. The summed E-state index contributed by atoms with van der Waals surface area (Å²) in [6.45, 7) is 0.223. The van der Waals surface area contributed by atoms with Gasteiger partial charge in [-0.3, -0.25) is 9.69 Å². The number of carbonyl (C=O) groups is 1. The van der Waals surface area contributed by atoms with Crippen LogP contribution in [0.2, 0.25) is 0 Å². The van der Waals surface area contributed by atoms with Crippen LogP contribution in [0, 0.1) is 12.3 Å². The molecule has 2 rings (SSSR count). The van der Waals surface area contributed by atoms with Crippen LogP contribution in [0.1, 0.15) is 5.56 Å². The van der Waals surface area contributed by atoms with Gasteiger partial charge in [-0.2, -0.15) is 0 Å². The molecule has 1 amide bonds. The Morgan fingerprint density at radius 3 is 3.00 bits per heavy atom. The molecule has 0 aromatic heterocycles. The van der Waals surface area contributed by atoms with E-state index in [1.165, 1.54) is 16.7 Å². The van der Waals surface area contributed by atoms with Crippen LogP contribution in [0.15, 0.2) is 33.6 Å². The fourth-order valence-electron chi connectivity index (χ4n) is 1.48. The maximum atomic E-state index is 12.0. The van der Waals surface area contributed by atoms with Crippen LogP contribution in [-0.2, 0) is 4.79 Å². The van der Waals surface area contributed by atoms with Gasteiger partial charge in [-0.1, -0.05) is 58.0 Å². The van der Waals surface area contributed by atoms with Gasteiger partial charge in [-0.05, 0) is 23.8 Å². The van der Waals surface area contributed by atoms with Crippen molar-refractivity contribution >= 4 is 56.2 Å². The first kappa shape index (κ1) is 13.3. The van der Waals surface area contributed by atoms with Gasteiger partial charge in [0.05, 0.1) is 11.4 Å². The molecule has 1 fully saturated rings. The number of carbonyl (C=O) groups excluding carboxylic acids is 1. The van der Waals surface area contributed by atoms with Crippen molar-refractivity contribution < 1.29 is 4.79 Å². The quantitative estimate of drug-likeness (QED) is 0.469. The van der Waals surface area contributed by atoms with Gasteiger partial charge in [0, 0.05) is 4.47 Å². The molecule has 0 unspecified atom stereocenters. The molecule has 1 saturated heterocycles. The van der Waals surface area contributed by atoms with Crippen LogP contribution in [0.25, 0.3) is 6.08 Å². The molecule has 1 aromatic carbocycles. The van der Waals surface area contributed by atoms with Gasteiger partial charge in [-0.25, -0.2) is 0 Å². The zero-order valence-corrected chi connectivity index (χ0v) is 12.4. The second kappa shape index (κ2) is 5.70. The maximum Gasteiger partial charge on any atom is 0.267 e. The minimum Gasteiger partial charge on any atom is -0.281 e. The van der Waals surface area contributed by atoms with Crippen molar-refractivity contribution in [1.82, 2.24) is 4.90 Å². The van der Waals surface area contributed by atoms with E-state index in [2.05, 4.69) is 21.9 Å². The van der Waals surface area contributed by atoms with Gasteiger partial charge in [-0.15, -0.1) is 6.42 Å². The van der Waals surface area contributed by atoms with Gasteiger partial charge in [0.25, 0.3) is 5.91 Å². The van der Waals surface area contributed by atoms with Crippen molar-refractivity contribution in [1.29, 1.82) is 0 Å². The molecule has 0 saturated carbocycles. The molecule has 0 N–H and O–H groups in total. The lowest BCUT2D eigenvalue weighted by Crippen LogP contribution is -2.28. The predicted octanol–water partition coefficient (Wildman–Crippen LogP) is 3.28. The number of amides is 1. The molecule has 0 radical (unpaired) electrons. The zero-order chi connectivity index (χ0) is 13.1. The van der Waals surface area contributed by atoms with Crippen molar-refractivity contribution in [2.24, 2.45) is 0 Å². The molecular weight excluding hydrogens is 330 g/mol. The highest BCUT2D eigenvalue weighted by atomic mass is 79.9. The minimum absolute atomic E-state index is 0.122. The number of nitrogens with zero attached hydrogens (tertiary/aromatic N) is 1. The molecule has 0 atom stereocenters. The number of thioether (sulfide) groups is 1.